The van der Waals surface area contributed by atoms with E-state index in [9.17, 15) is 4.39 Å². The van der Waals surface area contributed by atoms with Crippen molar-refractivity contribution in [2.24, 2.45) is 0 Å². The van der Waals surface area contributed by atoms with Crippen LogP contribution in [-0.4, -0.2) is 16.5 Å². The Hall–Kier alpha value is -2.49. The van der Waals surface area contributed by atoms with Gasteiger partial charge in [0.05, 0.1) is 5.52 Å². The van der Waals surface area contributed by atoms with Gasteiger partial charge in [0.25, 0.3) is 0 Å². The molecule has 3 nitrogen and oxygen atoms in total. The molecule has 3 aromatic rings. The van der Waals surface area contributed by atoms with Crippen molar-refractivity contribution in [3.63, 3.8) is 0 Å². The van der Waals surface area contributed by atoms with E-state index in [1.807, 2.05) is 37.3 Å². The van der Waals surface area contributed by atoms with Crippen LogP contribution < -0.4 is 5.32 Å². The molecule has 0 aliphatic heterocycles. The molecule has 0 fully saturated rings. The molecule has 1 heterocycles. The van der Waals surface area contributed by atoms with Gasteiger partial charge in [0.15, 0.2) is 5.82 Å². The highest BCUT2D eigenvalue weighted by atomic mass is 19.1. The summed E-state index contributed by atoms with van der Waals surface area (Å²) in [4.78, 5) is 9.02. The lowest BCUT2D eigenvalue weighted by Gasteiger charge is -2.09. The summed E-state index contributed by atoms with van der Waals surface area (Å²) < 4.78 is 13.3. The maximum atomic E-state index is 13.3. The summed E-state index contributed by atoms with van der Waals surface area (Å²) in [5, 5.41) is 4.20. The van der Waals surface area contributed by atoms with Crippen LogP contribution in [0, 0.1) is 5.82 Å². The van der Waals surface area contributed by atoms with Gasteiger partial charge in [-0.2, -0.15) is 0 Å². The molecule has 0 aliphatic carbocycles. The SMILES string of the molecule is CCNc1nc(-c2cccc(F)c2)nc2ccccc12. The number of halogens is 1. The smallest absolute Gasteiger partial charge is 0.162 e. The van der Waals surface area contributed by atoms with Gasteiger partial charge in [0, 0.05) is 17.5 Å². The lowest BCUT2D eigenvalue weighted by atomic mass is 10.2. The molecule has 0 unspecified atom stereocenters. The van der Waals surface area contributed by atoms with Crippen LogP contribution in [0.4, 0.5) is 10.2 Å². The number of aromatic nitrogens is 2. The first kappa shape index (κ1) is 12.5. The van der Waals surface area contributed by atoms with Crippen LogP contribution in [0.15, 0.2) is 48.5 Å². The van der Waals surface area contributed by atoms with E-state index in [0.717, 1.165) is 23.3 Å². The topological polar surface area (TPSA) is 37.8 Å². The Morgan fingerprint density at radius 3 is 2.70 bits per heavy atom. The van der Waals surface area contributed by atoms with Crippen LogP contribution >= 0.6 is 0 Å². The van der Waals surface area contributed by atoms with E-state index in [-0.39, 0.29) is 5.82 Å². The lowest BCUT2D eigenvalue weighted by Crippen LogP contribution is -2.02. The summed E-state index contributed by atoms with van der Waals surface area (Å²) >= 11 is 0. The molecule has 0 amide bonds. The number of nitrogens with zero attached hydrogens (tertiary/aromatic N) is 2. The highest BCUT2D eigenvalue weighted by Crippen LogP contribution is 2.24. The number of rotatable bonds is 3. The molecule has 4 heteroatoms. The van der Waals surface area contributed by atoms with Crippen molar-refractivity contribution >= 4 is 16.7 Å². The van der Waals surface area contributed by atoms with Crippen molar-refractivity contribution in [2.75, 3.05) is 11.9 Å². The molecule has 0 saturated heterocycles. The molecule has 3 rings (SSSR count). The Balaban J connectivity index is 2.21. The molecule has 1 aromatic heterocycles. The Kier molecular flexibility index (Phi) is 3.29. The molecule has 0 aliphatic rings. The quantitative estimate of drug-likeness (QED) is 0.782. The maximum Gasteiger partial charge on any atom is 0.162 e. The first-order valence-corrected chi connectivity index (χ1v) is 6.54. The van der Waals surface area contributed by atoms with E-state index in [4.69, 9.17) is 0 Å². The predicted octanol–water partition coefficient (Wildman–Crippen LogP) is 3.87. The minimum absolute atomic E-state index is 0.288. The molecule has 0 saturated carbocycles. The number of hydrogen-bond donors (Lipinski definition) is 1. The zero-order chi connectivity index (χ0) is 13.9. The van der Waals surface area contributed by atoms with Crippen molar-refractivity contribution in [1.82, 2.24) is 9.97 Å². The zero-order valence-corrected chi connectivity index (χ0v) is 11.1. The second-order valence-corrected chi connectivity index (χ2v) is 4.45. The Labute approximate surface area is 116 Å². The van der Waals surface area contributed by atoms with Gasteiger partial charge in [0.1, 0.15) is 11.6 Å². The van der Waals surface area contributed by atoms with E-state index in [0.29, 0.717) is 11.4 Å². The highest BCUT2D eigenvalue weighted by Gasteiger charge is 2.09. The van der Waals surface area contributed by atoms with Crippen molar-refractivity contribution in [3.05, 3.63) is 54.3 Å². The average Bonchev–Trinajstić information content (AvgIpc) is 2.47. The largest absolute Gasteiger partial charge is 0.370 e. The monoisotopic (exact) mass is 267 g/mol. The standard InChI is InChI=1S/C16H14FN3/c1-2-18-16-13-8-3-4-9-14(13)19-15(20-16)11-6-5-7-12(17)10-11/h3-10H,2H2,1H3,(H,18,19,20). The Morgan fingerprint density at radius 2 is 1.90 bits per heavy atom. The van der Waals surface area contributed by atoms with Crippen LogP contribution in [0.1, 0.15) is 6.92 Å². The van der Waals surface area contributed by atoms with Gasteiger partial charge in [-0.25, -0.2) is 14.4 Å². The molecule has 0 atom stereocenters. The van der Waals surface area contributed by atoms with Gasteiger partial charge in [-0.3, -0.25) is 0 Å². The number of para-hydroxylation sites is 1. The second kappa shape index (κ2) is 5.25. The van der Waals surface area contributed by atoms with E-state index < -0.39 is 0 Å². The van der Waals surface area contributed by atoms with Gasteiger partial charge < -0.3 is 5.32 Å². The molecule has 0 radical (unpaired) electrons. The average molecular weight is 267 g/mol. The molecular formula is C16H14FN3. The normalized spacial score (nSPS) is 10.7. The van der Waals surface area contributed by atoms with Gasteiger partial charge >= 0.3 is 0 Å². The third-order valence-electron chi connectivity index (χ3n) is 3.03. The van der Waals surface area contributed by atoms with Gasteiger partial charge in [0.2, 0.25) is 0 Å². The highest BCUT2D eigenvalue weighted by molar-refractivity contribution is 5.90. The number of nitrogens with one attached hydrogen (secondary N) is 1. The minimum atomic E-state index is -0.288. The maximum absolute atomic E-state index is 13.3. The Bertz CT molecular complexity index is 756. The van der Waals surface area contributed by atoms with Crippen molar-refractivity contribution in [2.45, 2.75) is 6.92 Å². The third kappa shape index (κ3) is 2.32. The fraction of sp³-hybridized carbons (Fsp3) is 0.125. The van der Waals surface area contributed by atoms with E-state index in [2.05, 4.69) is 15.3 Å². The summed E-state index contributed by atoms with van der Waals surface area (Å²) in [5.41, 5.74) is 1.52. The first-order valence-electron chi connectivity index (χ1n) is 6.54. The number of benzene rings is 2. The molecule has 0 spiro atoms. The van der Waals surface area contributed by atoms with Crippen molar-refractivity contribution in [1.29, 1.82) is 0 Å². The fourth-order valence-electron chi connectivity index (χ4n) is 2.14. The van der Waals surface area contributed by atoms with Gasteiger partial charge in [-0.05, 0) is 31.2 Å². The number of anilines is 1. The number of fused-ring (bicyclic) bond motifs is 1. The minimum Gasteiger partial charge on any atom is -0.370 e. The first-order chi connectivity index (χ1) is 9.78. The van der Waals surface area contributed by atoms with E-state index in [1.165, 1.54) is 12.1 Å². The fourth-order valence-corrected chi connectivity index (χ4v) is 2.14. The summed E-state index contributed by atoms with van der Waals surface area (Å²) in [7, 11) is 0. The van der Waals surface area contributed by atoms with Crippen LogP contribution in [0.25, 0.3) is 22.3 Å². The summed E-state index contributed by atoms with van der Waals surface area (Å²) in [5.74, 6) is 1.01. The third-order valence-corrected chi connectivity index (χ3v) is 3.03. The van der Waals surface area contributed by atoms with Crippen LogP contribution in [0.3, 0.4) is 0 Å². The van der Waals surface area contributed by atoms with Gasteiger partial charge in [-0.15, -0.1) is 0 Å². The van der Waals surface area contributed by atoms with E-state index >= 15 is 0 Å². The number of hydrogen-bond acceptors (Lipinski definition) is 3. The lowest BCUT2D eigenvalue weighted by molar-refractivity contribution is 0.628. The van der Waals surface area contributed by atoms with Crippen molar-refractivity contribution < 1.29 is 4.39 Å². The second-order valence-electron chi connectivity index (χ2n) is 4.45. The predicted molar refractivity (Wildman–Crippen MR) is 79.1 cm³/mol. The summed E-state index contributed by atoms with van der Waals surface area (Å²) in [6.45, 7) is 2.78. The summed E-state index contributed by atoms with van der Waals surface area (Å²) in [6, 6.07) is 14.1. The molecule has 100 valence electrons. The molecule has 1 N–H and O–H groups in total. The summed E-state index contributed by atoms with van der Waals surface area (Å²) in [6.07, 6.45) is 0. The van der Waals surface area contributed by atoms with E-state index in [1.54, 1.807) is 6.07 Å². The van der Waals surface area contributed by atoms with Crippen LogP contribution in [-0.2, 0) is 0 Å². The molecule has 2 aromatic carbocycles. The molecule has 0 bridgehead atoms. The van der Waals surface area contributed by atoms with Crippen LogP contribution in [0.5, 0.6) is 0 Å². The van der Waals surface area contributed by atoms with Crippen molar-refractivity contribution in [3.8, 4) is 11.4 Å². The van der Waals surface area contributed by atoms with Gasteiger partial charge in [-0.1, -0.05) is 24.3 Å². The molecule has 20 heavy (non-hydrogen) atoms. The Morgan fingerprint density at radius 1 is 1.05 bits per heavy atom. The molecular weight excluding hydrogens is 253 g/mol. The zero-order valence-electron chi connectivity index (χ0n) is 11.1. The van der Waals surface area contributed by atoms with Crippen LogP contribution in [0.2, 0.25) is 0 Å².